The molecule has 0 radical (unpaired) electrons. The third kappa shape index (κ3) is 1.89. The lowest BCUT2D eigenvalue weighted by atomic mass is 9.44. The van der Waals surface area contributed by atoms with Gasteiger partial charge in [0.15, 0.2) is 0 Å². The number of fused-ring (bicyclic) bond motifs is 5. The molecule has 3 heteroatoms. The Kier molecular flexibility index (Phi) is 3.91. The van der Waals surface area contributed by atoms with E-state index in [0.717, 1.165) is 25.7 Å². The van der Waals surface area contributed by atoms with Gasteiger partial charge in [-0.1, -0.05) is 32.4 Å². The Morgan fingerprint density at radius 2 is 1.85 bits per heavy atom. The number of Topliss-reactive ketones (excluding diaryl/α,β-unsaturated/α-hetero) is 2. The molecule has 3 fully saturated rings. The smallest absolute Gasteiger partial charge is 0.143 e. The SMILES string of the molecule is CC(=O)[C@@]1(C)C(C)C[C@H]2[C@@H]3CCC4=CCCC(=O)[C@]4(C)[C@H]3CC(O)[C@@]21C. The molecule has 8 atom stereocenters. The van der Waals surface area contributed by atoms with Gasteiger partial charge in [0.2, 0.25) is 0 Å². The summed E-state index contributed by atoms with van der Waals surface area (Å²) in [6, 6.07) is 0. The van der Waals surface area contributed by atoms with E-state index in [1.54, 1.807) is 6.92 Å². The van der Waals surface area contributed by atoms with Crippen LogP contribution < -0.4 is 0 Å². The summed E-state index contributed by atoms with van der Waals surface area (Å²) in [4.78, 5) is 25.7. The lowest BCUT2D eigenvalue weighted by Crippen LogP contribution is -2.61. The van der Waals surface area contributed by atoms with Gasteiger partial charge in [-0.2, -0.15) is 0 Å². The van der Waals surface area contributed by atoms with E-state index in [4.69, 9.17) is 0 Å². The number of allylic oxidation sites excluding steroid dienone is 2. The standard InChI is InChI=1S/C23H34O3/c1-13-11-18-16-10-9-15-7-6-8-19(25)21(15,3)17(16)12-20(26)23(18,5)22(13,4)14(2)24/h7,13,16-18,20,26H,6,8-12H2,1-5H3/t13?,16-,17+,18+,20?,21+,22-,23-/m1/s1. The maximum absolute atomic E-state index is 13.0. The van der Waals surface area contributed by atoms with Gasteiger partial charge in [-0.15, -0.1) is 0 Å². The fourth-order valence-electron chi connectivity index (χ4n) is 7.88. The van der Waals surface area contributed by atoms with Crippen LogP contribution in [0.5, 0.6) is 0 Å². The monoisotopic (exact) mass is 358 g/mol. The minimum absolute atomic E-state index is 0.212. The normalized spacial score (nSPS) is 53.4. The summed E-state index contributed by atoms with van der Waals surface area (Å²) in [6.07, 6.45) is 7.08. The lowest BCUT2D eigenvalue weighted by Gasteiger charge is -2.60. The molecule has 144 valence electrons. The van der Waals surface area contributed by atoms with Crippen LogP contribution in [0.2, 0.25) is 0 Å². The summed E-state index contributed by atoms with van der Waals surface area (Å²) in [5.41, 5.74) is 0.0814. The second kappa shape index (κ2) is 5.53. The Labute approximate surface area is 157 Å². The number of carbonyl (C=O) groups excluding carboxylic acids is 2. The van der Waals surface area contributed by atoms with Gasteiger partial charge in [-0.25, -0.2) is 0 Å². The minimum atomic E-state index is -0.515. The van der Waals surface area contributed by atoms with Crippen molar-refractivity contribution in [2.45, 2.75) is 79.2 Å². The molecular formula is C23H34O3. The van der Waals surface area contributed by atoms with Gasteiger partial charge in [0.1, 0.15) is 11.6 Å². The van der Waals surface area contributed by atoms with E-state index in [2.05, 4.69) is 33.8 Å². The number of rotatable bonds is 1. The summed E-state index contributed by atoms with van der Waals surface area (Å²) >= 11 is 0. The average molecular weight is 359 g/mol. The molecule has 4 aliphatic carbocycles. The number of aliphatic hydroxyl groups excluding tert-OH is 1. The van der Waals surface area contributed by atoms with Gasteiger partial charge in [0, 0.05) is 17.3 Å². The minimum Gasteiger partial charge on any atom is -0.393 e. The first-order valence-electron chi connectivity index (χ1n) is 10.5. The van der Waals surface area contributed by atoms with Crippen molar-refractivity contribution in [3.8, 4) is 0 Å². The molecular weight excluding hydrogens is 324 g/mol. The van der Waals surface area contributed by atoms with Gasteiger partial charge in [-0.3, -0.25) is 9.59 Å². The number of ketones is 2. The van der Waals surface area contributed by atoms with Crippen molar-refractivity contribution in [2.75, 3.05) is 0 Å². The van der Waals surface area contributed by atoms with Crippen molar-refractivity contribution >= 4 is 11.6 Å². The molecule has 0 bridgehead atoms. The molecule has 26 heavy (non-hydrogen) atoms. The van der Waals surface area contributed by atoms with Crippen LogP contribution in [-0.2, 0) is 9.59 Å². The van der Waals surface area contributed by atoms with Crippen LogP contribution in [0, 0.1) is 39.9 Å². The molecule has 4 aliphatic rings. The second-order valence-corrected chi connectivity index (χ2v) is 10.2. The molecule has 0 aromatic rings. The Balaban J connectivity index is 1.81. The zero-order valence-electron chi connectivity index (χ0n) is 17.0. The predicted octanol–water partition coefficient (Wildman–Crippen LogP) is 4.33. The molecule has 0 amide bonds. The molecule has 0 heterocycles. The third-order valence-corrected chi connectivity index (χ3v) is 9.91. The Bertz CT molecular complexity index is 694. The molecule has 0 saturated heterocycles. The second-order valence-electron chi connectivity index (χ2n) is 10.2. The van der Waals surface area contributed by atoms with E-state index in [1.165, 1.54) is 5.57 Å². The highest BCUT2D eigenvalue weighted by atomic mass is 16.3. The van der Waals surface area contributed by atoms with Crippen LogP contribution >= 0.6 is 0 Å². The summed E-state index contributed by atoms with van der Waals surface area (Å²) in [6.45, 7) is 10.3. The average Bonchev–Trinajstić information content (AvgIpc) is 2.80. The first-order chi connectivity index (χ1) is 12.1. The quantitative estimate of drug-likeness (QED) is 0.710. The summed E-state index contributed by atoms with van der Waals surface area (Å²) < 4.78 is 0. The van der Waals surface area contributed by atoms with E-state index >= 15 is 0 Å². The maximum Gasteiger partial charge on any atom is 0.143 e. The van der Waals surface area contributed by atoms with Crippen LogP contribution in [0.3, 0.4) is 0 Å². The van der Waals surface area contributed by atoms with E-state index < -0.39 is 11.5 Å². The Hall–Kier alpha value is -0.960. The Morgan fingerprint density at radius 3 is 2.50 bits per heavy atom. The number of hydrogen-bond acceptors (Lipinski definition) is 3. The zero-order chi connectivity index (χ0) is 19.1. The summed E-state index contributed by atoms with van der Waals surface area (Å²) in [5.74, 6) is 1.86. The van der Waals surface area contributed by atoms with Crippen molar-refractivity contribution in [3.63, 3.8) is 0 Å². The highest BCUT2D eigenvalue weighted by Crippen LogP contribution is 2.71. The zero-order valence-corrected chi connectivity index (χ0v) is 17.0. The summed E-state index contributed by atoms with van der Waals surface area (Å²) in [5, 5.41) is 11.4. The van der Waals surface area contributed by atoms with Crippen LogP contribution in [0.1, 0.15) is 73.1 Å². The summed E-state index contributed by atoms with van der Waals surface area (Å²) in [7, 11) is 0. The molecule has 0 aromatic carbocycles. The van der Waals surface area contributed by atoms with Gasteiger partial charge in [0.25, 0.3) is 0 Å². The van der Waals surface area contributed by atoms with E-state index in [9.17, 15) is 14.7 Å². The maximum atomic E-state index is 13.0. The van der Waals surface area contributed by atoms with Crippen molar-refractivity contribution in [1.29, 1.82) is 0 Å². The Morgan fingerprint density at radius 1 is 1.15 bits per heavy atom. The number of carbonyl (C=O) groups is 2. The van der Waals surface area contributed by atoms with Gasteiger partial charge >= 0.3 is 0 Å². The lowest BCUT2D eigenvalue weighted by molar-refractivity contribution is -0.172. The van der Waals surface area contributed by atoms with Crippen molar-refractivity contribution in [1.82, 2.24) is 0 Å². The van der Waals surface area contributed by atoms with Crippen molar-refractivity contribution in [3.05, 3.63) is 11.6 Å². The first kappa shape index (κ1) is 18.4. The third-order valence-electron chi connectivity index (χ3n) is 9.91. The fraction of sp³-hybridized carbons (Fsp3) is 0.826. The molecule has 3 saturated carbocycles. The number of hydrogen-bond donors (Lipinski definition) is 1. The van der Waals surface area contributed by atoms with Gasteiger partial charge in [0.05, 0.1) is 11.5 Å². The van der Waals surface area contributed by atoms with E-state index in [1.807, 2.05) is 0 Å². The highest BCUT2D eigenvalue weighted by Gasteiger charge is 2.70. The molecule has 1 N–H and O–H groups in total. The molecule has 4 rings (SSSR count). The topological polar surface area (TPSA) is 54.4 Å². The van der Waals surface area contributed by atoms with Crippen LogP contribution in [0.4, 0.5) is 0 Å². The molecule has 0 spiro atoms. The first-order valence-corrected chi connectivity index (χ1v) is 10.5. The largest absolute Gasteiger partial charge is 0.393 e. The van der Waals surface area contributed by atoms with Crippen molar-refractivity contribution < 1.29 is 14.7 Å². The van der Waals surface area contributed by atoms with Crippen LogP contribution in [-0.4, -0.2) is 22.8 Å². The molecule has 2 unspecified atom stereocenters. The molecule has 3 nitrogen and oxygen atoms in total. The van der Waals surface area contributed by atoms with Gasteiger partial charge in [-0.05, 0) is 69.6 Å². The number of aliphatic hydroxyl groups is 1. The predicted molar refractivity (Wildman–Crippen MR) is 101 cm³/mol. The molecule has 0 aliphatic heterocycles. The van der Waals surface area contributed by atoms with Crippen LogP contribution in [0.15, 0.2) is 11.6 Å². The van der Waals surface area contributed by atoms with Crippen molar-refractivity contribution in [2.24, 2.45) is 39.9 Å². The van der Waals surface area contributed by atoms with E-state index in [-0.39, 0.29) is 28.4 Å². The van der Waals surface area contributed by atoms with E-state index in [0.29, 0.717) is 30.5 Å². The fourth-order valence-corrected chi connectivity index (χ4v) is 7.88. The van der Waals surface area contributed by atoms with Crippen LogP contribution in [0.25, 0.3) is 0 Å². The highest BCUT2D eigenvalue weighted by molar-refractivity contribution is 5.89. The molecule has 0 aromatic heterocycles. The van der Waals surface area contributed by atoms with Gasteiger partial charge < -0.3 is 5.11 Å².